The first-order chi connectivity index (χ1) is 9.85. The second kappa shape index (κ2) is 4.93. The Morgan fingerprint density at radius 3 is 2.65 bits per heavy atom. The highest BCUT2D eigenvalue weighted by atomic mass is 32.2. The summed E-state index contributed by atoms with van der Waals surface area (Å²) in [5, 5.41) is 9.85. The number of aromatic nitrogens is 3. The van der Waals surface area contributed by atoms with Crippen molar-refractivity contribution < 1.29 is 4.42 Å². The van der Waals surface area contributed by atoms with Gasteiger partial charge >= 0.3 is 0 Å². The minimum atomic E-state index is 0.453. The minimum Gasteiger partial charge on any atom is -0.464 e. The van der Waals surface area contributed by atoms with Crippen LogP contribution in [0.15, 0.2) is 21.7 Å². The van der Waals surface area contributed by atoms with Crippen LogP contribution in [0.5, 0.6) is 0 Å². The van der Waals surface area contributed by atoms with Gasteiger partial charge in [0.15, 0.2) is 5.16 Å². The van der Waals surface area contributed by atoms with E-state index in [2.05, 4.69) is 14.8 Å². The van der Waals surface area contributed by atoms with Crippen molar-refractivity contribution in [1.29, 1.82) is 0 Å². The number of nitrogens with two attached hydrogens (primary N) is 1. The standard InChI is InChI=1S/C14H18N4OS/c15-7-11-5-6-12(19-11)8-20-14-17-16-13(9-1-2-9)18(14)10-3-4-10/h5-6,9-10H,1-4,7-8,15H2. The lowest BCUT2D eigenvalue weighted by Crippen LogP contribution is -2.01. The maximum absolute atomic E-state index is 5.63. The average molecular weight is 290 g/mol. The molecule has 4 rings (SSSR count). The van der Waals surface area contributed by atoms with E-state index in [9.17, 15) is 0 Å². The highest BCUT2D eigenvalue weighted by molar-refractivity contribution is 7.98. The van der Waals surface area contributed by atoms with E-state index in [1.165, 1.54) is 31.5 Å². The number of hydrogen-bond donors (Lipinski definition) is 1. The molecule has 0 aliphatic heterocycles. The smallest absolute Gasteiger partial charge is 0.191 e. The van der Waals surface area contributed by atoms with E-state index in [0.29, 0.717) is 18.5 Å². The van der Waals surface area contributed by atoms with Crippen molar-refractivity contribution in [3.05, 3.63) is 29.5 Å². The van der Waals surface area contributed by atoms with Crippen molar-refractivity contribution in [2.75, 3.05) is 0 Å². The van der Waals surface area contributed by atoms with Gasteiger partial charge in [0.2, 0.25) is 0 Å². The fourth-order valence-corrected chi connectivity index (χ4v) is 3.33. The lowest BCUT2D eigenvalue weighted by molar-refractivity contribution is 0.482. The van der Waals surface area contributed by atoms with Crippen molar-refractivity contribution in [1.82, 2.24) is 14.8 Å². The Morgan fingerprint density at radius 1 is 1.20 bits per heavy atom. The number of nitrogens with zero attached hydrogens (tertiary/aromatic N) is 3. The van der Waals surface area contributed by atoms with Gasteiger partial charge < -0.3 is 14.7 Å². The Kier molecular flexibility index (Phi) is 3.07. The van der Waals surface area contributed by atoms with Crippen LogP contribution in [0.1, 0.15) is 55.0 Å². The lowest BCUT2D eigenvalue weighted by Gasteiger charge is -2.07. The third-order valence-corrected chi connectivity index (χ3v) is 4.77. The molecule has 106 valence electrons. The minimum absolute atomic E-state index is 0.453. The zero-order valence-electron chi connectivity index (χ0n) is 11.3. The SMILES string of the molecule is NCc1ccc(CSc2nnc(C3CC3)n2C2CC2)o1. The summed E-state index contributed by atoms with van der Waals surface area (Å²) in [5.41, 5.74) is 5.56. The molecule has 2 heterocycles. The van der Waals surface area contributed by atoms with Crippen LogP contribution in [0.3, 0.4) is 0 Å². The summed E-state index contributed by atoms with van der Waals surface area (Å²) >= 11 is 1.71. The number of thioether (sulfide) groups is 1. The molecule has 2 aromatic heterocycles. The zero-order chi connectivity index (χ0) is 13.5. The summed E-state index contributed by atoms with van der Waals surface area (Å²) in [4.78, 5) is 0. The van der Waals surface area contributed by atoms with Gasteiger partial charge in [-0.25, -0.2) is 0 Å². The van der Waals surface area contributed by atoms with Crippen LogP contribution in [0.2, 0.25) is 0 Å². The van der Waals surface area contributed by atoms with Crippen LogP contribution in [-0.2, 0) is 12.3 Å². The molecule has 0 amide bonds. The molecule has 0 aromatic carbocycles. The summed E-state index contributed by atoms with van der Waals surface area (Å²) in [5.74, 6) is 4.44. The molecule has 2 aliphatic rings. The van der Waals surface area contributed by atoms with Gasteiger partial charge in [0, 0.05) is 12.0 Å². The van der Waals surface area contributed by atoms with E-state index in [0.717, 1.165) is 22.4 Å². The van der Waals surface area contributed by atoms with E-state index in [4.69, 9.17) is 10.2 Å². The van der Waals surface area contributed by atoms with Gasteiger partial charge in [-0.3, -0.25) is 0 Å². The maximum atomic E-state index is 5.63. The second-order valence-corrected chi connectivity index (χ2v) is 6.52. The molecule has 6 heteroatoms. The van der Waals surface area contributed by atoms with Crippen molar-refractivity contribution in [3.8, 4) is 0 Å². The molecule has 0 unspecified atom stereocenters. The normalized spacial score (nSPS) is 18.6. The lowest BCUT2D eigenvalue weighted by atomic mass is 10.4. The van der Waals surface area contributed by atoms with Crippen molar-refractivity contribution >= 4 is 11.8 Å². The molecule has 0 saturated heterocycles. The van der Waals surface area contributed by atoms with Gasteiger partial charge in [-0.15, -0.1) is 10.2 Å². The first-order valence-corrected chi connectivity index (χ1v) is 8.19. The Hall–Kier alpha value is -1.27. The number of furan rings is 1. The highest BCUT2D eigenvalue weighted by Gasteiger charge is 2.36. The van der Waals surface area contributed by atoms with Crippen LogP contribution in [0.25, 0.3) is 0 Å². The molecule has 2 fully saturated rings. The molecular formula is C14H18N4OS. The van der Waals surface area contributed by atoms with Gasteiger partial charge in [-0.2, -0.15) is 0 Å². The van der Waals surface area contributed by atoms with Crippen molar-refractivity contribution in [3.63, 3.8) is 0 Å². The predicted octanol–water partition coefficient (Wildman–Crippen LogP) is 2.83. The quantitative estimate of drug-likeness (QED) is 0.828. The molecule has 0 spiro atoms. The summed E-state index contributed by atoms with van der Waals surface area (Å²) in [6, 6.07) is 4.57. The number of rotatable bonds is 6. The molecule has 20 heavy (non-hydrogen) atoms. The highest BCUT2D eigenvalue weighted by Crippen LogP contribution is 2.46. The third-order valence-electron chi connectivity index (χ3n) is 3.81. The van der Waals surface area contributed by atoms with Crippen molar-refractivity contribution in [2.24, 2.45) is 5.73 Å². The maximum Gasteiger partial charge on any atom is 0.191 e. The van der Waals surface area contributed by atoms with Gasteiger partial charge in [0.05, 0.1) is 12.3 Å². The van der Waals surface area contributed by atoms with Gasteiger partial charge in [-0.1, -0.05) is 11.8 Å². The van der Waals surface area contributed by atoms with Gasteiger partial charge in [0.1, 0.15) is 17.3 Å². The summed E-state index contributed by atoms with van der Waals surface area (Å²) in [6.45, 7) is 0.453. The molecular weight excluding hydrogens is 272 g/mol. The molecule has 5 nitrogen and oxygen atoms in total. The van der Waals surface area contributed by atoms with Crippen LogP contribution in [0, 0.1) is 0 Å². The molecule has 2 saturated carbocycles. The first-order valence-electron chi connectivity index (χ1n) is 7.20. The average Bonchev–Trinajstić information content (AvgIpc) is 3.39. The fourth-order valence-electron chi connectivity index (χ4n) is 2.43. The fraction of sp³-hybridized carbons (Fsp3) is 0.571. The first kappa shape index (κ1) is 12.5. The van der Waals surface area contributed by atoms with E-state index in [1.807, 2.05) is 12.1 Å². The van der Waals surface area contributed by atoms with Gasteiger partial charge in [-0.05, 0) is 37.8 Å². The molecule has 0 radical (unpaired) electrons. The third kappa shape index (κ3) is 2.38. The summed E-state index contributed by atoms with van der Waals surface area (Å²) in [6.07, 6.45) is 5.08. The predicted molar refractivity (Wildman–Crippen MR) is 76.4 cm³/mol. The van der Waals surface area contributed by atoms with Gasteiger partial charge in [0.25, 0.3) is 0 Å². The Labute approximate surface area is 121 Å². The van der Waals surface area contributed by atoms with Crippen LogP contribution < -0.4 is 5.73 Å². The monoisotopic (exact) mass is 290 g/mol. The van der Waals surface area contributed by atoms with Crippen LogP contribution in [-0.4, -0.2) is 14.8 Å². The molecule has 0 atom stereocenters. The second-order valence-electron chi connectivity index (χ2n) is 5.58. The van der Waals surface area contributed by atoms with Crippen LogP contribution >= 0.6 is 11.8 Å². The van der Waals surface area contributed by atoms with E-state index in [1.54, 1.807) is 11.8 Å². The molecule has 2 N–H and O–H groups in total. The number of hydrogen-bond acceptors (Lipinski definition) is 5. The summed E-state index contributed by atoms with van der Waals surface area (Å²) < 4.78 is 8.00. The topological polar surface area (TPSA) is 69.9 Å². The van der Waals surface area contributed by atoms with Crippen molar-refractivity contribution in [2.45, 2.75) is 55.1 Å². The summed E-state index contributed by atoms with van der Waals surface area (Å²) in [7, 11) is 0. The molecule has 0 bridgehead atoms. The zero-order valence-corrected chi connectivity index (χ0v) is 12.1. The largest absolute Gasteiger partial charge is 0.464 e. The molecule has 2 aliphatic carbocycles. The molecule has 2 aromatic rings. The van der Waals surface area contributed by atoms with E-state index >= 15 is 0 Å². The van der Waals surface area contributed by atoms with Crippen LogP contribution in [0.4, 0.5) is 0 Å². The Bertz CT molecular complexity index is 612. The van der Waals surface area contributed by atoms with E-state index in [-0.39, 0.29) is 0 Å². The van der Waals surface area contributed by atoms with E-state index < -0.39 is 0 Å². The Balaban J connectivity index is 1.50. The Morgan fingerprint density at radius 2 is 2.00 bits per heavy atom.